The molecular formula is C15H24N2O. The molecule has 2 atom stereocenters. The summed E-state index contributed by atoms with van der Waals surface area (Å²) in [6.45, 7) is 9.91. The molecule has 0 aromatic heterocycles. The van der Waals surface area contributed by atoms with Crippen LogP contribution in [-0.2, 0) is 4.79 Å². The van der Waals surface area contributed by atoms with Gasteiger partial charge in [-0.05, 0) is 24.8 Å². The normalized spacial score (nSPS) is 15.0. The fraction of sp³-hybridized carbons (Fsp3) is 0.533. The fourth-order valence-corrected chi connectivity index (χ4v) is 1.63. The van der Waals surface area contributed by atoms with Crippen molar-refractivity contribution >= 4 is 5.91 Å². The van der Waals surface area contributed by atoms with Crippen LogP contribution >= 0.6 is 0 Å². The number of hydrogen-bond acceptors (Lipinski definition) is 2. The Labute approximate surface area is 110 Å². The molecule has 1 amide bonds. The largest absolute Gasteiger partial charge is 0.348 e. The van der Waals surface area contributed by atoms with Crippen LogP contribution in [0.25, 0.3) is 0 Å². The van der Waals surface area contributed by atoms with E-state index < -0.39 is 6.04 Å². The fourth-order valence-electron chi connectivity index (χ4n) is 1.63. The molecule has 0 saturated heterocycles. The zero-order chi connectivity index (χ0) is 13.9. The van der Waals surface area contributed by atoms with Crippen LogP contribution in [0.5, 0.6) is 0 Å². The van der Waals surface area contributed by atoms with E-state index in [1.165, 1.54) is 5.56 Å². The topological polar surface area (TPSA) is 55.1 Å². The third kappa shape index (κ3) is 3.84. The molecule has 0 spiro atoms. The molecule has 0 radical (unpaired) electrons. The maximum absolute atomic E-state index is 12.0. The van der Waals surface area contributed by atoms with Crippen LogP contribution in [0.2, 0.25) is 0 Å². The molecule has 3 heteroatoms. The lowest BCUT2D eigenvalue weighted by Gasteiger charge is -2.27. The van der Waals surface area contributed by atoms with E-state index in [1.54, 1.807) is 0 Å². The van der Waals surface area contributed by atoms with Crippen LogP contribution < -0.4 is 11.1 Å². The van der Waals surface area contributed by atoms with E-state index in [9.17, 15) is 4.79 Å². The number of hydrogen-bond donors (Lipinski definition) is 2. The van der Waals surface area contributed by atoms with E-state index in [0.29, 0.717) is 0 Å². The Morgan fingerprint density at radius 3 is 2.17 bits per heavy atom. The van der Waals surface area contributed by atoms with Gasteiger partial charge in [0.25, 0.3) is 0 Å². The van der Waals surface area contributed by atoms with Gasteiger partial charge in [-0.15, -0.1) is 0 Å². The molecular weight excluding hydrogens is 224 g/mol. The molecule has 3 nitrogen and oxygen atoms in total. The molecule has 1 aromatic rings. The van der Waals surface area contributed by atoms with Gasteiger partial charge in [0.05, 0.1) is 12.1 Å². The summed E-state index contributed by atoms with van der Waals surface area (Å²) in [6.07, 6.45) is 0. The molecule has 18 heavy (non-hydrogen) atoms. The molecule has 0 saturated carbocycles. The lowest BCUT2D eigenvalue weighted by molar-refractivity contribution is -0.125. The molecule has 1 aromatic carbocycles. The summed E-state index contributed by atoms with van der Waals surface area (Å²) in [5.74, 6) is -0.101. The van der Waals surface area contributed by atoms with Crippen LogP contribution in [0, 0.1) is 12.3 Å². The van der Waals surface area contributed by atoms with Crippen LogP contribution in [0.1, 0.15) is 44.9 Å². The molecule has 0 heterocycles. The van der Waals surface area contributed by atoms with Crippen molar-refractivity contribution in [2.24, 2.45) is 11.1 Å². The number of benzene rings is 1. The summed E-state index contributed by atoms with van der Waals surface area (Å²) >= 11 is 0. The van der Waals surface area contributed by atoms with E-state index >= 15 is 0 Å². The first-order chi connectivity index (χ1) is 8.21. The van der Waals surface area contributed by atoms with E-state index in [2.05, 4.69) is 5.32 Å². The predicted octanol–water partition coefficient (Wildman–Crippen LogP) is 2.55. The molecule has 3 N–H and O–H groups in total. The number of amides is 1. The molecule has 0 aliphatic rings. The van der Waals surface area contributed by atoms with Crippen molar-refractivity contribution in [3.05, 3.63) is 35.4 Å². The minimum atomic E-state index is -0.495. The Balaban J connectivity index is 2.68. The number of carbonyl (C=O) groups is 1. The van der Waals surface area contributed by atoms with Crippen molar-refractivity contribution in [3.8, 4) is 0 Å². The number of carbonyl (C=O) groups excluding carboxylic acids is 1. The van der Waals surface area contributed by atoms with Crippen LogP contribution in [0.3, 0.4) is 0 Å². The first-order valence-electron chi connectivity index (χ1n) is 6.34. The molecule has 0 aliphatic heterocycles. The Kier molecular flexibility index (Phi) is 4.52. The van der Waals surface area contributed by atoms with Crippen molar-refractivity contribution < 1.29 is 4.79 Å². The van der Waals surface area contributed by atoms with Gasteiger partial charge in [-0.2, -0.15) is 0 Å². The summed E-state index contributed by atoms with van der Waals surface area (Å²) in [5, 5.41) is 2.96. The van der Waals surface area contributed by atoms with E-state index in [1.807, 2.05) is 58.9 Å². The van der Waals surface area contributed by atoms with Gasteiger partial charge >= 0.3 is 0 Å². The lowest BCUT2D eigenvalue weighted by atomic mass is 9.86. The lowest BCUT2D eigenvalue weighted by Crippen LogP contribution is -2.49. The van der Waals surface area contributed by atoms with E-state index in [4.69, 9.17) is 5.73 Å². The monoisotopic (exact) mass is 248 g/mol. The van der Waals surface area contributed by atoms with Crippen LogP contribution in [-0.4, -0.2) is 11.9 Å². The number of nitrogens with two attached hydrogens (primary N) is 1. The summed E-state index contributed by atoms with van der Waals surface area (Å²) in [5.41, 5.74) is 8.01. The molecule has 100 valence electrons. The average molecular weight is 248 g/mol. The maximum atomic E-state index is 12.0. The highest BCUT2D eigenvalue weighted by Crippen LogP contribution is 2.19. The zero-order valence-corrected chi connectivity index (χ0v) is 11.9. The van der Waals surface area contributed by atoms with Gasteiger partial charge in [0, 0.05) is 0 Å². The minimum Gasteiger partial charge on any atom is -0.348 e. The van der Waals surface area contributed by atoms with Gasteiger partial charge in [0.2, 0.25) is 5.91 Å². The van der Waals surface area contributed by atoms with Crippen molar-refractivity contribution in [3.63, 3.8) is 0 Å². The highest BCUT2D eigenvalue weighted by molar-refractivity contribution is 5.82. The van der Waals surface area contributed by atoms with Crippen LogP contribution in [0.4, 0.5) is 0 Å². The number of rotatable bonds is 3. The Hall–Kier alpha value is -1.35. The molecule has 0 aliphatic carbocycles. The third-order valence-corrected chi connectivity index (χ3v) is 3.15. The van der Waals surface area contributed by atoms with Gasteiger partial charge in [-0.25, -0.2) is 0 Å². The van der Waals surface area contributed by atoms with Crippen molar-refractivity contribution in [1.29, 1.82) is 0 Å². The number of nitrogens with one attached hydrogen (secondary N) is 1. The molecule has 0 bridgehead atoms. The summed E-state index contributed by atoms with van der Waals surface area (Å²) in [4.78, 5) is 12.0. The van der Waals surface area contributed by atoms with Crippen molar-refractivity contribution in [2.75, 3.05) is 0 Å². The molecule has 0 fully saturated rings. The smallest absolute Gasteiger partial charge is 0.237 e. The highest BCUT2D eigenvalue weighted by atomic mass is 16.2. The second-order valence-electron chi connectivity index (χ2n) is 5.98. The standard InChI is InChI=1S/C15H24N2O/c1-10-6-8-12(9-7-10)11(2)17-14(18)13(16)15(3,4)5/h6-9,11,13H,16H2,1-5H3,(H,17,18)/t11-,13?/m1/s1. The summed E-state index contributed by atoms with van der Waals surface area (Å²) in [6, 6.07) is 7.63. The first-order valence-corrected chi connectivity index (χ1v) is 6.34. The van der Waals surface area contributed by atoms with E-state index in [-0.39, 0.29) is 17.4 Å². The average Bonchev–Trinajstić information content (AvgIpc) is 2.27. The third-order valence-electron chi connectivity index (χ3n) is 3.15. The van der Waals surface area contributed by atoms with Gasteiger partial charge in [0.1, 0.15) is 0 Å². The Morgan fingerprint density at radius 2 is 1.72 bits per heavy atom. The molecule has 1 rings (SSSR count). The SMILES string of the molecule is Cc1ccc([C@@H](C)NC(=O)C(N)C(C)(C)C)cc1. The minimum absolute atomic E-state index is 0.0218. The summed E-state index contributed by atoms with van der Waals surface area (Å²) < 4.78 is 0. The quantitative estimate of drug-likeness (QED) is 0.863. The van der Waals surface area contributed by atoms with Crippen molar-refractivity contribution in [1.82, 2.24) is 5.32 Å². The predicted molar refractivity (Wildman–Crippen MR) is 75.2 cm³/mol. The Morgan fingerprint density at radius 1 is 1.22 bits per heavy atom. The summed E-state index contributed by atoms with van der Waals surface area (Å²) in [7, 11) is 0. The second-order valence-corrected chi connectivity index (χ2v) is 5.98. The van der Waals surface area contributed by atoms with Gasteiger partial charge in [-0.3, -0.25) is 4.79 Å². The Bertz CT molecular complexity index is 403. The van der Waals surface area contributed by atoms with E-state index in [0.717, 1.165) is 5.56 Å². The maximum Gasteiger partial charge on any atom is 0.237 e. The highest BCUT2D eigenvalue weighted by Gasteiger charge is 2.28. The van der Waals surface area contributed by atoms with Gasteiger partial charge in [-0.1, -0.05) is 50.6 Å². The molecule has 1 unspecified atom stereocenters. The van der Waals surface area contributed by atoms with Crippen LogP contribution in [0.15, 0.2) is 24.3 Å². The first kappa shape index (κ1) is 14.7. The zero-order valence-electron chi connectivity index (χ0n) is 11.9. The number of aryl methyl sites for hydroxylation is 1. The second kappa shape index (κ2) is 5.53. The van der Waals surface area contributed by atoms with Crippen molar-refractivity contribution in [2.45, 2.75) is 46.7 Å². The van der Waals surface area contributed by atoms with Gasteiger partial charge in [0.15, 0.2) is 0 Å². The van der Waals surface area contributed by atoms with Gasteiger partial charge < -0.3 is 11.1 Å².